The molecule has 2 heterocycles. The zero-order valence-electron chi connectivity index (χ0n) is 13.9. The van der Waals surface area contributed by atoms with E-state index in [1.807, 2.05) is 13.0 Å². The van der Waals surface area contributed by atoms with Gasteiger partial charge in [-0.3, -0.25) is 15.0 Å². The van der Waals surface area contributed by atoms with Crippen molar-refractivity contribution >= 4 is 48.7 Å². The quantitative estimate of drug-likeness (QED) is 0.622. The summed E-state index contributed by atoms with van der Waals surface area (Å²) >= 11 is 6.87. The van der Waals surface area contributed by atoms with Crippen LogP contribution in [-0.2, 0) is 11.3 Å². The third-order valence-electron chi connectivity index (χ3n) is 4.33. The Hall–Kier alpha value is -2.00. The summed E-state index contributed by atoms with van der Waals surface area (Å²) in [7, 11) is 0. The standard InChI is InChI=1S/C17H15Br2N5O2/c1-9-20-4-5-23(9)8-14(25)22-24-16(10-2-3-10)21-15-12(17(24)26)6-11(18)7-13(15)19/h4-7,10H,2-3,8H2,1H3,(H,22,25). The third kappa shape index (κ3) is 3.21. The number of benzene rings is 1. The van der Waals surface area contributed by atoms with E-state index in [1.165, 1.54) is 4.68 Å². The lowest BCUT2D eigenvalue weighted by Crippen LogP contribution is -2.37. The number of carbonyl (C=O) groups is 1. The molecule has 2 aromatic heterocycles. The van der Waals surface area contributed by atoms with E-state index in [2.05, 4.69) is 47.3 Å². The average Bonchev–Trinajstić information content (AvgIpc) is 3.35. The molecular weight excluding hydrogens is 466 g/mol. The highest BCUT2D eigenvalue weighted by Gasteiger charge is 2.30. The van der Waals surface area contributed by atoms with Crippen LogP contribution in [0, 0.1) is 6.92 Å². The number of nitrogens with zero attached hydrogens (tertiary/aromatic N) is 4. The molecule has 26 heavy (non-hydrogen) atoms. The van der Waals surface area contributed by atoms with Gasteiger partial charge in [0.2, 0.25) is 0 Å². The second-order valence-electron chi connectivity index (χ2n) is 6.31. The lowest BCUT2D eigenvalue weighted by atomic mass is 10.2. The van der Waals surface area contributed by atoms with E-state index < -0.39 is 0 Å². The van der Waals surface area contributed by atoms with Gasteiger partial charge in [0.15, 0.2) is 0 Å². The van der Waals surface area contributed by atoms with E-state index in [9.17, 15) is 9.59 Å². The first-order valence-electron chi connectivity index (χ1n) is 8.13. The van der Waals surface area contributed by atoms with Gasteiger partial charge >= 0.3 is 0 Å². The topological polar surface area (TPSA) is 81.8 Å². The van der Waals surface area contributed by atoms with Gasteiger partial charge in [0.1, 0.15) is 18.2 Å². The van der Waals surface area contributed by atoms with Gasteiger partial charge in [0, 0.05) is 27.3 Å². The first-order chi connectivity index (χ1) is 12.4. The number of rotatable bonds is 4. The van der Waals surface area contributed by atoms with E-state index >= 15 is 0 Å². The Kier molecular flexibility index (Phi) is 4.44. The molecule has 1 aliphatic carbocycles. The first-order valence-corrected chi connectivity index (χ1v) is 9.72. The first kappa shape index (κ1) is 17.4. The van der Waals surface area contributed by atoms with Gasteiger partial charge in [-0.2, -0.15) is 0 Å². The van der Waals surface area contributed by atoms with Crippen LogP contribution in [0.3, 0.4) is 0 Å². The molecule has 1 fully saturated rings. The molecule has 9 heteroatoms. The Labute approximate surface area is 165 Å². The third-order valence-corrected chi connectivity index (χ3v) is 5.40. The largest absolute Gasteiger partial charge is 0.326 e. The molecule has 1 N–H and O–H groups in total. The van der Waals surface area contributed by atoms with Gasteiger partial charge in [-0.25, -0.2) is 14.6 Å². The summed E-state index contributed by atoms with van der Waals surface area (Å²) in [6, 6.07) is 3.57. The molecule has 0 spiro atoms. The van der Waals surface area contributed by atoms with Crippen LogP contribution in [0.1, 0.15) is 30.4 Å². The highest BCUT2D eigenvalue weighted by Crippen LogP contribution is 2.39. The summed E-state index contributed by atoms with van der Waals surface area (Å²) in [6.45, 7) is 1.91. The van der Waals surface area contributed by atoms with Crippen LogP contribution in [0.2, 0.25) is 0 Å². The van der Waals surface area contributed by atoms with E-state index in [1.54, 1.807) is 23.0 Å². The fraction of sp³-hybridized carbons (Fsp3) is 0.294. The van der Waals surface area contributed by atoms with Crippen molar-refractivity contribution in [3.8, 4) is 0 Å². The fourth-order valence-corrected chi connectivity index (χ4v) is 4.15. The second kappa shape index (κ2) is 6.62. The molecule has 7 nitrogen and oxygen atoms in total. The van der Waals surface area contributed by atoms with Gasteiger partial charge < -0.3 is 4.57 Å². The molecule has 3 aromatic rings. The zero-order valence-corrected chi connectivity index (χ0v) is 17.0. The Morgan fingerprint density at radius 1 is 1.35 bits per heavy atom. The zero-order chi connectivity index (χ0) is 18.4. The molecule has 0 aliphatic heterocycles. The van der Waals surface area contributed by atoms with Gasteiger partial charge in [-0.15, -0.1) is 0 Å². The van der Waals surface area contributed by atoms with Gasteiger partial charge in [0.05, 0.1) is 10.9 Å². The minimum absolute atomic E-state index is 0.0859. The number of amides is 1. The molecular formula is C17H15Br2N5O2. The molecule has 0 unspecified atom stereocenters. The highest BCUT2D eigenvalue weighted by molar-refractivity contribution is 9.11. The van der Waals surface area contributed by atoms with Crippen LogP contribution >= 0.6 is 31.9 Å². The molecule has 1 aliphatic rings. The van der Waals surface area contributed by atoms with Crippen LogP contribution in [0.4, 0.5) is 0 Å². The molecule has 0 atom stereocenters. The number of carbonyl (C=O) groups excluding carboxylic acids is 1. The molecule has 1 saturated carbocycles. The van der Waals surface area contributed by atoms with E-state index in [0.29, 0.717) is 16.7 Å². The SMILES string of the molecule is Cc1nccn1CC(=O)Nn1c(C2CC2)nc2c(Br)cc(Br)cc2c1=O. The van der Waals surface area contributed by atoms with Crippen molar-refractivity contribution in [3.63, 3.8) is 0 Å². The van der Waals surface area contributed by atoms with Crippen molar-refractivity contribution in [2.45, 2.75) is 32.2 Å². The molecule has 0 radical (unpaired) electrons. The minimum atomic E-state index is -0.301. The number of aromatic nitrogens is 4. The van der Waals surface area contributed by atoms with E-state index in [0.717, 1.165) is 27.6 Å². The van der Waals surface area contributed by atoms with Crippen LogP contribution in [0.5, 0.6) is 0 Å². The number of halogens is 2. The maximum absolute atomic E-state index is 13.0. The van der Waals surface area contributed by atoms with Gasteiger partial charge in [0.25, 0.3) is 11.5 Å². The van der Waals surface area contributed by atoms with E-state index in [4.69, 9.17) is 0 Å². The monoisotopic (exact) mass is 479 g/mol. The number of aryl methyl sites for hydroxylation is 1. The summed E-state index contributed by atoms with van der Waals surface area (Å²) in [5, 5.41) is 0.440. The Morgan fingerprint density at radius 2 is 2.12 bits per heavy atom. The molecule has 4 rings (SSSR count). The normalized spacial score (nSPS) is 14.0. The van der Waals surface area contributed by atoms with Crippen molar-refractivity contribution in [1.29, 1.82) is 0 Å². The lowest BCUT2D eigenvalue weighted by Gasteiger charge is -2.15. The molecule has 134 valence electrons. The summed E-state index contributed by atoms with van der Waals surface area (Å²) < 4.78 is 4.53. The highest BCUT2D eigenvalue weighted by atomic mass is 79.9. The van der Waals surface area contributed by atoms with Crippen LogP contribution in [0.25, 0.3) is 10.9 Å². The van der Waals surface area contributed by atoms with Crippen molar-refractivity contribution in [2.24, 2.45) is 0 Å². The maximum Gasteiger partial charge on any atom is 0.280 e. The number of fused-ring (bicyclic) bond motifs is 1. The van der Waals surface area contributed by atoms with Crippen molar-refractivity contribution < 1.29 is 4.79 Å². The Bertz CT molecular complexity index is 1080. The van der Waals surface area contributed by atoms with Crippen molar-refractivity contribution in [1.82, 2.24) is 19.2 Å². The molecule has 0 bridgehead atoms. The molecule has 0 saturated heterocycles. The summed E-state index contributed by atoms with van der Waals surface area (Å²) in [6.07, 6.45) is 5.29. The lowest BCUT2D eigenvalue weighted by molar-refractivity contribution is -0.117. The molecule has 1 aromatic carbocycles. The number of hydrogen-bond donors (Lipinski definition) is 1. The summed E-state index contributed by atoms with van der Waals surface area (Å²) in [4.78, 5) is 34.3. The summed E-state index contributed by atoms with van der Waals surface area (Å²) in [5.41, 5.74) is 3.04. The van der Waals surface area contributed by atoms with Crippen LogP contribution in [0.15, 0.2) is 38.3 Å². The fourth-order valence-electron chi connectivity index (χ4n) is 2.84. The number of hydrogen-bond acceptors (Lipinski definition) is 4. The van der Waals surface area contributed by atoms with Gasteiger partial charge in [-0.05, 0) is 47.8 Å². The second-order valence-corrected chi connectivity index (χ2v) is 8.08. The maximum atomic E-state index is 13.0. The van der Waals surface area contributed by atoms with Gasteiger partial charge in [-0.1, -0.05) is 15.9 Å². The molecule has 1 amide bonds. The number of imidazole rings is 1. The Balaban J connectivity index is 1.77. The van der Waals surface area contributed by atoms with Crippen molar-refractivity contribution in [3.05, 3.63) is 55.5 Å². The minimum Gasteiger partial charge on any atom is -0.326 e. The smallest absolute Gasteiger partial charge is 0.280 e. The van der Waals surface area contributed by atoms with Crippen molar-refractivity contribution in [2.75, 3.05) is 5.43 Å². The average molecular weight is 481 g/mol. The Morgan fingerprint density at radius 3 is 2.77 bits per heavy atom. The predicted octanol–water partition coefficient (Wildman–Crippen LogP) is 3.07. The van der Waals surface area contributed by atoms with Crippen LogP contribution in [-0.4, -0.2) is 25.1 Å². The predicted molar refractivity (Wildman–Crippen MR) is 105 cm³/mol. The number of nitrogens with one attached hydrogen (secondary N) is 1. The van der Waals surface area contributed by atoms with E-state index in [-0.39, 0.29) is 23.9 Å². The summed E-state index contributed by atoms with van der Waals surface area (Å²) in [5.74, 6) is 1.23. The van der Waals surface area contributed by atoms with Crippen LogP contribution < -0.4 is 11.0 Å².